The van der Waals surface area contributed by atoms with E-state index < -0.39 is 48.2 Å². The van der Waals surface area contributed by atoms with Crippen molar-refractivity contribution in [1.29, 1.82) is 0 Å². The van der Waals surface area contributed by atoms with Gasteiger partial charge in [-0.1, -0.05) is 6.07 Å². The van der Waals surface area contributed by atoms with Crippen LogP contribution in [0.3, 0.4) is 0 Å². The number of nitrogens with zero attached hydrogens (tertiary/aromatic N) is 1. The molecule has 11 heteroatoms. The van der Waals surface area contributed by atoms with Crippen molar-refractivity contribution in [1.82, 2.24) is 15.5 Å². The first-order valence-electron chi connectivity index (χ1n) is 12.0. The number of carbonyl (C=O) groups excluding carboxylic acids is 4. The van der Waals surface area contributed by atoms with Crippen molar-refractivity contribution in [2.75, 3.05) is 19.8 Å². The molecule has 0 saturated heterocycles. The Morgan fingerprint density at radius 1 is 1.19 bits per heavy atom. The molecule has 0 aliphatic heterocycles. The summed E-state index contributed by atoms with van der Waals surface area (Å²) in [7, 11) is 0. The molecule has 3 amide bonds. The third kappa shape index (κ3) is 8.40. The lowest BCUT2D eigenvalue weighted by Gasteiger charge is -2.34. The van der Waals surface area contributed by atoms with Crippen LogP contribution >= 0.6 is 0 Å². The maximum atomic E-state index is 13.6. The lowest BCUT2D eigenvalue weighted by atomic mass is 10.00. The average Bonchev–Trinajstić information content (AvgIpc) is 3.61. The van der Waals surface area contributed by atoms with Gasteiger partial charge in [0.15, 0.2) is 0 Å². The summed E-state index contributed by atoms with van der Waals surface area (Å²) in [6.45, 7) is 7.87. The number of carbonyl (C=O) groups is 4. The minimum absolute atomic E-state index is 0.00246. The van der Waals surface area contributed by atoms with Gasteiger partial charge < -0.3 is 35.2 Å². The molecule has 0 radical (unpaired) electrons. The van der Waals surface area contributed by atoms with Crippen molar-refractivity contribution in [3.8, 4) is 5.75 Å². The fourth-order valence-electron chi connectivity index (χ4n) is 3.59. The largest absolute Gasteiger partial charge is 0.508 e. The Hall–Kier alpha value is -3.34. The summed E-state index contributed by atoms with van der Waals surface area (Å²) in [5.74, 6) is -1.63. The number of hydrogen-bond acceptors (Lipinski definition) is 8. The molecule has 2 rings (SSSR count). The SMILES string of the molecule is CCOC(=O)CCNC(=O)C(c1ccc(O)c(C)c1)N(C(=O)C(CO)NC(=O)OC(C)(C)C)C1CC1. The van der Waals surface area contributed by atoms with Crippen molar-refractivity contribution < 1.29 is 38.9 Å². The number of aliphatic hydroxyl groups excluding tert-OH is 1. The van der Waals surface area contributed by atoms with Crippen LogP contribution in [-0.4, -0.2) is 76.4 Å². The highest BCUT2D eigenvalue weighted by Crippen LogP contribution is 2.36. The first-order valence-corrected chi connectivity index (χ1v) is 12.0. The molecule has 0 spiro atoms. The van der Waals surface area contributed by atoms with Gasteiger partial charge in [-0.15, -0.1) is 0 Å². The number of aryl methyl sites for hydroxylation is 1. The third-order valence-corrected chi connectivity index (χ3v) is 5.36. The number of nitrogens with one attached hydrogen (secondary N) is 2. The fraction of sp³-hybridized carbons (Fsp3) is 0.600. The van der Waals surface area contributed by atoms with Gasteiger partial charge >= 0.3 is 12.1 Å². The minimum Gasteiger partial charge on any atom is -0.508 e. The maximum absolute atomic E-state index is 13.6. The van der Waals surface area contributed by atoms with E-state index in [0.717, 1.165) is 0 Å². The highest BCUT2D eigenvalue weighted by atomic mass is 16.6. The zero-order valence-electron chi connectivity index (χ0n) is 21.5. The molecule has 1 aliphatic carbocycles. The van der Waals surface area contributed by atoms with E-state index >= 15 is 0 Å². The van der Waals surface area contributed by atoms with Crippen molar-refractivity contribution in [2.24, 2.45) is 0 Å². The molecule has 36 heavy (non-hydrogen) atoms. The van der Waals surface area contributed by atoms with Crippen LogP contribution in [0.2, 0.25) is 0 Å². The normalized spacial score (nSPS) is 14.8. The Bertz CT molecular complexity index is 955. The summed E-state index contributed by atoms with van der Waals surface area (Å²) < 4.78 is 10.1. The molecular formula is C25H37N3O8. The minimum atomic E-state index is -1.34. The predicted molar refractivity (Wildman–Crippen MR) is 130 cm³/mol. The number of amides is 3. The molecule has 2 unspecified atom stereocenters. The molecule has 4 N–H and O–H groups in total. The molecule has 0 heterocycles. The van der Waals surface area contributed by atoms with Gasteiger partial charge in [-0.2, -0.15) is 0 Å². The number of hydrogen-bond donors (Lipinski definition) is 4. The van der Waals surface area contributed by atoms with Crippen LogP contribution in [0.25, 0.3) is 0 Å². The van der Waals surface area contributed by atoms with Crippen molar-refractivity contribution in [3.63, 3.8) is 0 Å². The Morgan fingerprint density at radius 2 is 1.86 bits per heavy atom. The standard InChI is InChI=1S/C25H37N3O8/c1-6-35-20(31)11-12-26-22(32)21(16-7-10-19(30)15(2)13-16)28(17-8-9-17)23(33)18(14-29)27-24(34)36-25(3,4)5/h7,10,13,17-18,21,29-30H,6,8-9,11-12,14H2,1-5H3,(H,26,32)(H,27,34). The van der Waals surface area contributed by atoms with Crippen LogP contribution in [-0.2, 0) is 23.9 Å². The summed E-state index contributed by atoms with van der Waals surface area (Å²) in [5.41, 5.74) is 0.132. The Balaban J connectivity index is 2.34. The molecule has 1 saturated carbocycles. The van der Waals surface area contributed by atoms with E-state index in [4.69, 9.17) is 9.47 Å². The summed E-state index contributed by atoms with van der Waals surface area (Å²) >= 11 is 0. The van der Waals surface area contributed by atoms with Crippen molar-refractivity contribution in [2.45, 2.75) is 77.6 Å². The predicted octanol–water partition coefficient (Wildman–Crippen LogP) is 1.69. The van der Waals surface area contributed by atoms with Gasteiger partial charge in [0.25, 0.3) is 0 Å². The molecule has 11 nitrogen and oxygen atoms in total. The summed E-state index contributed by atoms with van der Waals surface area (Å²) in [5, 5.41) is 25.0. The van der Waals surface area contributed by atoms with Crippen LogP contribution in [0.15, 0.2) is 18.2 Å². The number of phenols is 1. The quantitative estimate of drug-likeness (QED) is 0.330. The van der Waals surface area contributed by atoms with Crippen LogP contribution < -0.4 is 10.6 Å². The van der Waals surface area contributed by atoms with Crippen LogP contribution in [0, 0.1) is 6.92 Å². The third-order valence-electron chi connectivity index (χ3n) is 5.36. The van der Waals surface area contributed by atoms with Gasteiger partial charge in [0.2, 0.25) is 11.8 Å². The van der Waals surface area contributed by atoms with Crippen molar-refractivity contribution in [3.05, 3.63) is 29.3 Å². The van der Waals surface area contributed by atoms with E-state index in [0.29, 0.717) is 24.0 Å². The molecule has 0 aromatic heterocycles. The molecule has 2 atom stereocenters. The summed E-state index contributed by atoms with van der Waals surface area (Å²) in [6, 6.07) is 1.82. The van der Waals surface area contributed by atoms with Crippen molar-refractivity contribution >= 4 is 23.9 Å². The topological polar surface area (TPSA) is 154 Å². The second kappa shape index (κ2) is 12.6. The number of phenolic OH excluding ortho intramolecular Hbond substituents is 1. The van der Waals surface area contributed by atoms with Gasteiger partial charge in [-0.05, 0) is 70.7 Å². The number of ether oxygens (including phenoxy) is 2. The first kappa shape index (κ1) is 28.9. The lowest BCUT2D eigenvalue weighted by molar-refractivity contribution is -0.145. The lowest BCUT2D eigenvalue weighted by Crippen LogP contribution is -2.55. The zero-order valence-corrected chi connectivity index (χ0v) is 21.5. The van der Waals surface area contributed by atoms with Gasteiger partial charge in [0.1, 0.15) is 23.4 Å². The van der Waals surface area contributed by atoms with E-state index in [1.54, 1.807) is 40.7 Å². The van der Waals surface area contributed by atoms with E-state index in [1.165, 1.54) is 17.0 Å². The zero-order chi connectivity index (χ0) is 27.0. The van der Waals surface area contributed by atoms with E-state index in [1.807, 2.05) is 0 Å². The second-order valence-corrected chi connectivity index (χ2v) is 9.65. The summed E-state index contributed by atoms with van der Waals surface area (Å²) in [6.07, 6.45) is 0.360. The monoisotopic (exact) mass is 507 g/mol. The summed E-state index contributed by atoms with van der Waals surface area (Å²) in [4.78, 5) is 52.3. The molecular weight excluding hydrogens is 470 g/mol. The number of alkyl carbamates (subject to hydrolysis) is 1. The van der Waals surface area contributed by atoms with Crippen LogP contribution in [0.1, 0.15) is 64.1 Å². The average molecular weight is 508 g/mol. The van der Waals surface area contributed by atoms with E-state index in [9.17, 15) is 29.4 Å². The first-order chi connectivity index (χ1) is 16.9. The van der Waals surface area contributed by atoms with Gasteiger partial charge in [0.05, 0.1) is 19.6 Å². The number of aromatic hydroxyl groups is 1. The number of esters is 1. The Morgan fingerprint density at radius 3 is 2.39 bits per heavy atom. The van der Waals surface area contributed by atoms with Gasteiger partial charge in [0, 0.05) is 12.6 Å². The van der Waals surface area contributed by atoms with E-state index in [-0.39, 0.29) is 31.4 Å². The highest BCUT2D eigenvalue weighted by molar-refractivity contribution is 5.92. The number of benzene rings is 1. The fourth-order valence-corrected chi connectivity index (χ4v) is 3.59. The second-order valence-electron chi connectivity index (χ2n) is 9.65. The Labute approximate surface area is 211 Å². The highest BCUT2D eigenvalue weighted by Gasteiger charge is 2.44. The molecule has 200 valence electrons. The van der Waals surface area contributed by atoms with E-state index in [2.05, 4.69) is 10.6 Å². The van der Waals surface area contributed by atoms with Gasteiger partial charge in [-0.3, -0.25) is 14.4 Å². The molecule has 1 aromatic carbocycles. The Kier molecular flexibility index (Phi) is 10.1. The number of aliphatic hydroxyl groups is 1. The van der Waals surface area contributed by atoms with Crippen LogP contribution in [0.4, 0.5) is 4.79 Å². The molecule has 1 aliphatic rings. The van der Waals surface area contributed by atoms with Gasteiger partial charge in [-0.25, -0.2) is 4.79 Å². The smallest absolute Gasteiger partial charge is 0.408 e. The number of rotatable bonds is 11. The molecule has 0 bridgehead atoms. The molecule has 1 fully saturated rings. The molecule has 1 aromatic rings. The van der Waals surface area contributed by atoms with Crippen LogP contribution in [0.5, 0.6) is 5.75 Å². The maximum Gasteiger partial charge on any atom is 0.408 e.